The minimum Gasteiger partial charge on any atom is -0.480 e. The van der Waals surface area contributed by atoms with Crippen LogP contribution in [0.2, 0.25) is 0 Å². The molecule has 0 aliphatic heterocycles. The fourth-order valence-corrected chi connectivity index (χ4v) is 4.94. The van der Waals surface area contributed by atoms with Crippen molar-refractivity contribution in [1.82, 2.24) is 4.98 Å². The molecule has 1 aromatic heterocycles. The van der Waals surface area contributed by atoms with Crippen LogP contribution in [-0.4, -0.2) is 16.1 Å². The number of aryl methyl sites for hydroxylation is 1. The third-order valence-electron chi connectivity index (χ3n) is 5.20. The fraction of sp³-hybridized carbons (Fsp3) is 0.261. The normalized spacial score (nSPS) is 16.2. The van der Waals surface area contributed by atoms with Crippen molar-refractivity contribution in [2.24, 2.45) is 0 Å². The number of pyridine rings is 1. The van der Waals surface area contributed by atoms with Gasteiger partial charge in [-0.05, 0) is 48.8 Å². The number of benzene rings is 1. The highest BCUT2D eigenvalue weighted by Crippen LogP contribution is 2.42. The van der Waals surface area contributed by atoms with E-state index in [9.17, 15) is 15.2 Å². The summed E-state index contributed by atoms with van der Waals surface area (Å²) in [7, 11) is 0. The Balaban J connectivity index is 1.84. The lowest BCUT2D eigenvalue weighted by atomic mass is 9.86. The zero-order valence-electron chi connectivity index (χ0n) is 15.4. The SMILES string of the molecule is N#Cc1c(SC(C(=O)O)c2ccccc2)nc2c(c1C1=CC=CC1)CCCC2. The molecule has 0 saturated heterocycles. The van der Waals surface area contributed by atoms with Crippen molar-refractivity contribution in [2.75, 3.05) is 0 Å². The van der Waals surface area contributed by atoms with Crippen molar-refractivity contribution < 1.29 is 9.90 Å². The highest BCUT2D eigenvalue weighted by atomic mass is 32.2. The Morgan fingerprint density at radius 2 is 2.00 bits per heavy atom. The van der Waals surface area contributed by atoms with E-state index in [4.69, 9.17) is 4.98 Å². The van der Waals surface area contributed by atoms with E-state index in [0.29, 0.717) is 16.2 Å². The molecule has 1 heterocycles. The predicted octanol–water partition coefficient (Wildman–Crippen LogP) is 5.09. The molecule has 1 unspecified atom stereocenters. The molecule has 1 aromatic carbocycles. The summed E-state index contributed by atoms with van der Waals surface area (Å²) < 4.78 is 0. The third-order valence-corrected chi connectivity index (χ3v) is 6.43. The lowest BCUT2D eigenvalue weighted by Gasteiger charge is -2.23. The molecule has 0 bridgehead atoms. The van der Waals surface area contributed by atoms with E-state index in [0.717, 1.165) is 48.9 Å². The highest BCUT2D eigenvalue weighted by Gasteiger charge is 2.28. The maximum absolute atomic E-state index is 12.0. The van der Waals surface area contributed by atoms with Gasteiger partial charge in [0, 0.05) is 11.3 Å². The number of aromatic nitrogens is 1. The summed E-state index contributed by atoms with van der Waals surface area (Å²) in [5.41, 5.74) is 5.53. The first-order valence-corrected chi connectivity index (χ1v) is 10.3. The number of hydrogen-bond donors (Lipinski definition) is 1. The number of hydrogen-bond acceptors (Lipinski definition) is 4. The minimum atomic E-state index is -0.928. The number of aliphatic carboxylic acids is 1. The predicted molar refractivity (Wildman–Crippen MR) is 110 cm³/mol. The van der Waals surface area contributed by atoms with Gasteiger partial charge in [-0.25, -0.2) is 4.98 Å². The summed E-state index contributed by atoms with van der Waals surface area (Å²) in [5, 5.41) is 19.5. The number of thioether (sulfide) groups is 1. The Labute approximate surface area is 168 Å². The first-order valence-electron chi connectivity index (χ1n) is 9.45. The molecule has 28 heavy (non-hydrogen) atoms. The van der Waals surface area contributed by atoms with Gasteiger partial charge in [-0.15, -0.1) is 0 Å². The Hall–Kier alpha value is -2.84. The van der Waals surface area contributed by atoms with Crippen molar-refractivity contribution in [3.8, 4) is 6.07 Å². The molecule has 0 amide bonds. The van der Waals surface area contributed by atoms with Crippen LogP contribution in [-0.2, 0) is 17.6 Å². The first kappa shape index (κ1) is 18.5. The molecule has 5 heteroatoms. The molecular formula is C23H20N2O2S. The summed E-state index contributed by atoms with van der Waals surface area (Å²) in [6.07, 6.45) is 10.9. The molecule has 4 rings (SSSR count). The lowest BCUT2D eigenvalue weighted by molar-refractivity contribution is -0.136. The minimum absolute atomic E-state index is 0.516. The summed E-state index contributed by atoms with van der Waals surface area (Å²) >= 11 is 1.17. The van der Waals surface area contributed by atoms with Crippen molar-refractivity contribution >= 4 is 23.3 Å². The van der Waals surface area contributed by atoms with Crippen LogP contribution in [0.3, 0.4) is 0 Å². The van der Waals surface area contributed by atoms with Crippen LogP contribution in [0.5, 0.6) is 0 Å². The average Bonchev–Trinajstić information content (AvgIpc) is 3.25. The summed E-state index contributed by atoms with van der Waals surface area (Å²) in [6, 6.07) is 11.5. The average molecular weight is 388 g/mol. The quantitative estimate of drug-likeness (QED) is 0.722. The van der Waals surface area contributed by atoms with Crippen molar-refractivity contribution in [3.05, 3.63) is 76.5 Å². The molecule has 0 saturated carbocycles. The van der Waals surface area contributed by atoms with Gasteiger partial charge in [0.2, 0.25) is 0 Å². The monoisotopic (exact) mass is 388 g/mol. The Bertz CT molecular complexity index is 1020. The molecule has 0 radical (unpaired) electrons. The molecule has 0 spiro atoms. The van der Waals surface area contributed by atoms with Gasteiger partial charge in [0.05, 0.1) is 5.56 Å². The van der Waals surface area contributed by atoms with Gasteiger partial charge in [-0.2, -0.15) is 5.26 Å². The van der Waals surface area contributed by atoms with Crippen molar-refractivity contribution in [1.29, 1.82) is 5.26 Å². The van der Waals surface area contributed by atoms with E-state index in [1.807, 2.05) is 24.3 Å². The van der Waals surface area contributed by atoms with Gasteiger partial charge < -0.3 is 5.11 Å². The van der Waals surface area contributed by atoms with E-state index < -0.39 is 11.2 Å². The fourth-order valence-electron chi connectivity index (χ4n) is 3.89. The number of carboxylic acid groups (broad SMARTS) is 1. The van der Waals surface area contributed by atoms with Gasteiger partial charge in [0.15, 0.2) is 0 Å². The Kier molecular flexibility index (Phi) is 5.31. The number of nitrogens with zero attached hydrogens (tertiary/aromatic N) is 2. The zero-order valence-corrected chi connectivity index (χ0v) is 16.2. The topological polar surface area (TPSA) is 74.0 Å². The van der Waals surface area contributed by atoms with E-state index in [2.05, 4.69) is 18.2 Å². The van der Waals surface area contributed by atoms with Crippen LogP contribution >= 0.6 is 11.8 Å². The lowest BCUT2D eigenvalue weighted by Crippen LogP contribution is -2.14. The van der Waals surface area contributed by atoms with E-state index in [1.54, 1.807) is 12.1 Å². The molecule has 140 valence electrons. The van der Waals surface area contributed by atoms with Gasteiger partial charge in [-0.3, -0.25) is 4.79 Å². The van der Waals surface area contributed by atoms with Gasteiger partial charge in [0.25, 0.3) is 0 Å². The smallest absolute Gasteiger partial charge is 0.321 e. The zero-order chi connectivity index (χ0) is 19.5. The summed E-state index contributed by atoms with van der Waals surface area (Å²) in [4.78, 5) is 16.8. The second-order valence-electron chi connectivity index (χ2n) is 6.98. The van der Waals surface area contributed by atoms with Gasteiger partial charge in [0.1, 0.15) is 16.3 Å². The van der Waals surface area contributed by atoms with Crippen molar-refractivity contribution in [2.45, 2.75) is 42.4 Å². The van der Waals surface area contributed by atoms with Gasteiger partial charge in [-0.1, -0.05) is 60.3 Å². The summed E-state index contributed by atoms with van der Waals surface area (Å²) in [5.74, 6) is -0.928. The number of allylic oxidation sites excluding steroid dienone is 4. The second-order valence-corrected chi connectivity index (χ2v) is 8.08. The Morgan fingerprint density at radius 1 is 1.21 bits per heavy atom. The van der Waals surface area contributed by atoms with Crippen molar-refractivity contribution in [3.63, 3.8) is 0 Å². The van der Waals surface area contributed by atoms with Crippen LogP contribution < -0.4 is 0 Å². The largest absolute Gasteiger partial charge is 0.480 e. The number of fused-ring (bicyclic) bond motifs is 1. The molecule has 2 aromatic rings. The van der Waals surface area contributed by atoms with Crippen LogP contribution in [0.25, 0.3) is 5.57 Å². The van der Waals surface area contributed by atoms with Crippen LogP contribution in [0, 0.1) is 11.3 Å². The van der Waals surface area contributed by atoms with E-state index in [-0.39, 0.29) is 0 Å². The molecule has 2 aliphatic carbocycles. The number of carbonyl (C=O) groups is 1. The first-order chi connectivity index (χ1) is 13.7. The molecule has 1 atom stereocenters. The number of carboxylic acids is 1. The number of rotatable bonds is 5. The summed E-state index contributed by atoms with van der Waals surface area (Å²) in [6.45, 7) is 0. The molecular weight excluding hydrogens is 368 g/mol. The standard InChI is InChI=1S/C23H20N2O2S/c24-14-18-20(15-8-4-5-9-15)17-12-6-7-13-19(17)25-22(18)28-21(23(26)27)16-10-2-1-3-11-16/h1-5,8,10-11,21H,6-7,9,12-13H2,(H,26,27). The van der Waals surface area contributed by atoms with E-state index >= 15 is 0 Å². The van der Waals surface area contributed by atoms with Crippen LogP contribution in [0.4, 0.5) is 0 Å². The second kappa shape index (κ2) is 8.04. The highest BCUT2D eigenvalue weighted by molar-refractivity contribution is 8.00. The van der Waals surface area contributed by atoms with Crippen LogP contribution in [0.1, 0.15) is 52.5 Å². The van der Waals surface area contributed by atoms with Gasteiger partial charge >= 0.3 is 5.97 Å². The van der Waals surface area contributed by atoms with Crippen LogP contribution in [0.15, 0.2) is 53.6 Å². The molecule has 1 N–H and O–H groups in total. The Morgan fingerprint density at radius 3 is 2.68 bits per heavy atom. The maximum atomic E-state index is 12.0. The molecule has 4 nitrogen and oxygen atoms in total. The maximum Gasteiger partial charge on any atom is 0.321 e. The molecule has 2 aliphatic rings. The van der Waals surface area contributed by atoms with E-state index in [1.165, 1.54) is 17.3 Å². The third kappa shape index (κ3) is 3.48. The molecule has 0 fully saturated rings. The number of nitriles is 1.